The summed E-state index contributed by atoms with van der Waals surface area (Å²) in [4.78, 5) is 19.3. The van der Waals surface area contributed by atoms with E-state index in [-0.39, 0.29) is 5.91 Å². The molecule has 1 aromatic carbocycles. The van der Waals surface area contributed by atoms with Gasteiger partial charge in [-0.05, 0) is 25.7 Å². The quantitative estimate of drug-likeness (QED) is 0.799. The van der Waals surface area contributed by atoms with Crippen LogP contribution in [0.3, 0.4) is 0 Å². The van der Waals surface area contributed by atoms with Gasteiger partial charge in [0.25, 0.3) is 0 Å². The topological polar surface area (TPSA) is 46.3 Å². The van der Waals surface area contributed by atoms with E-state index < -0.39 is 0 Å². The van der Waals surface area contributed by atoms with Gasteiger partial charge in [-0.3, -0.25) is 4.79 Å². The number of hydrogen-bond acceptors (Lipinski definition) is 3. The summed E-state index contributed by atoms with van der Waals surface area (Å²) in [5, 5.41) is 0. The Hall–Kier alpha value is -2.10. The Morgan fingerprint density at radius 2 is 1.79 bits per heavy atom. The van der Waals surface area contributed by atoms with Crippen molar-refractivity contribution in [3.05, 3.63) is 42.4 Å². The summed E-state index contributed by atoms with van der Waals surface area (Å²) in [7, 11) is 0. The Bertz CT molecular complexity index is 685. The maximum atomic E-state index is 12.7. The number of oxazole rings is 1. The fourth-order valence-electron chi connectivity index (χ4n) is 3.75. The Labute approximate surface area is 142 Å². The van der Waals surface area contributed by atoms with Crippen LogP contribution >= 0.6 is 0 Å². The molecule has 1 heterocycles. The Balaban J connectivity index is 1.37. The van der Waals surface area contributed by atoms with E-state index >= 15 is 0 Å². The molecule has 0 bridgehead atoms. The summed E-state index contributed by atoms with van der Waals surface area (Å²) in [6.07, 6.45) is 10.1. The van der Waals surface area contributed by atoms with E-state index in [1.165, 1.54) is 38.5 Å². The Morgan fingerprint density at radius 1 is 1.08 bits per heavy atom. The highest BCUT2D eigenvalue weighted by atomic mass is 16.4. The van der Waals surface area contributed by atoms with Crippen molar-refractivity contribution in [1.29, 1.82) is 0 Å². The van der Waals surface area contributed by atoms with Gasteiger partial charge in [0, 0.05) is 30.5 Å². The van der Waals surface area contributed by atoms with E-state index in [2.05, 4.69) is 9.88 Å². The minimum Gasteiger partial charge on any atom is -0.441 e. The lowest BCUT2D eigenvalue weighted by atomic mass is 10.1. The molecule has 1 amide bonds. The summed E-state index contributed by atoms with van der Waals surface area (Å²) >= 11 is 0. The van der Waals surface area contributed by atoms with Gasteiger partial charge < -0.3 is 9.32 Å². The summed E-state index contributed by atoms with van der Waals surface area (Å²) < 4.78 is 5.82. The molecule has 2 saturated carbocycles. The van der Waals surface area contributed by atoms with Gasteiger partial charge in [0.15, 0.2) is 11.7 Å². The third-order valence-corrected chi connectivity index (χ3v) is 5.11. The van der Waals surface area contributed by atoms with Crippen LogP contribution in [-0.2, 0) is 11.2 Å². The van der Waals surface area contributed by atoms with Gasteiger partial charge in [-0.15, -0.1) is 0 Å². The summed E-state index contributed by atoms with van der Waals surface area (Å²) in [6.45, 7) is 0. The van der Waals surface area contributed by atoms with Crippen molar-refractivity contribution in [2.45, 2.75) is 63.5 Å². The molecule has 126 valence electrons. The van der Waals surface area contributed by atoms with Crippen LogP contribution in [0.2, 0.25) is 0 Å². The lowest BCUT2D eigenvalue weighted by Gasteiger charge is -2.29. The SMILES string of the molecule is O=C(CCc1ncc(-c2ccccc2)o1)N(C1CCCC1)C1CC1. The van der Waals surface area contributed by atoms with Crippen molar-refractivity contribution in [3.8, 4) is 11.3 Å². The predicted molar refractivity (Wildman–Crippen MR) is 92.4 cm³/mol. The average Bonchev–Trinajstić information content (AvgIpc) is 3.11. The second-order valence-electron chi connectivity index (χ2n) is 6.95. The van der Waals surface area contributed by atoms with Crippen molar-refractivity contribution in [2.24, 2.45) is 0 Å². The fraction of sp³-hybridized carbons (Fsp3) is 0.500. The van der Waals surface area contributed by atoms with Gasteiger partial charge in [-0.2, -0.15) is 0 Å². The molecule has 4 heteroatoms. The van der Waals surface area contributed by atoms with E-state index in [9.17, 15) is 4.79 Å². The highest BCUT2D eigenvalue weighted by Gasteiger charge is 2.37. The van der Waals surface area contributed by atoms with Gasteiger partial charge in [0.2, 0.25) is 5.91 Å². The number of nitrogens with zero attached hydrogens (tertiary/aromatic N) is 2. The lowest BCUT2D eigenvalue weighted by molar-refractivity contribution is -0.134. The lowest BCUT2D eigenvalue weighted by Crippen LogP contribution is -2.40. The molecule has 4 nitrogen and oxygen atoms in total. The molecule has 2 aromatic rings. The predicted octanol–water partition coefficient (Wildman–Crippen LogP) is 4.21. The van der Waals surface area contributed by atoms with Crippen LogP contribution in [0.4, 0.5) is 0 Å². The molecule has 0 spiro atoms. The molecule has 0 aliphatic heterocycles. The highest BCUT2D eigenvalue weighted by Crippen LogP contribution is 2.35. The van der Waals surface area contributed by atoms with Gasteiger partial charge in [0.05, 0.1) is 6.20 Å². The van der Waals surface area contributed by atoms with Gasteiger partial charge in [0.1, 0.15) is 0 Å². The normalized spacial score (nSPS) is 18.0. The van der Waals surface area contributed by atoms with Crippen molar-refractivity contribution < 1.29 is 9.21 Å². The average molecular weight is 324 g/mol. The van der Waals surface area contributed by atoms with Crippen LogP contribution in [0.15, 0.2) is 40.9 Å². The first-order chi connectivity index (χ1) is 11.8. The first-order valence-corrected chi connectivity index (χ1v) is 9.12. The number of carbonyl (C=O) groups is 1. The summed E-state index contributed by atoms with van der Waals surface area (Å²) in [5.74, 6) is 1.71. The molecule has 1 aromatic heterocycles. The molecule has 0 unspecified atom stereocenters. The highest BCUT2D eigenvalue weighted by molar-refractivity contribution is 5.77. The summed E-state index contributed by atoms with van der Waals surface area (Å²) in [5.41, 5.74) is 1.02. The van der Waals surface area contributed by atoms with Gasteiger partial charge in [-0.1, -0.05) is 43.2 Å². The Morgan fingerprint density at radius 3 is 2.50 bits per heavy atom. The molecule has 2 fully saturated rings. The third-order valence-electron chi connectivity index (χ3n) is 5.11. The minimum absolute atomic E-state index is 0.281. The number of hydrogen-bond donors (Lipinski definition) is 0. The van der Waals surface area contributed by atoms with Crippen LogP contribution in [0.1, 0.15) is 50.8 Å². The second kappa shape index (κ2) is 6.80. The first kappa shape index (κ1) is 15.4. The van der Waals surface area contributed by atoms with E-state index in [1.54, 1.807) is 6.20 Å². The monoisotopic (exact) mass is 324 g/mol. The van der Waals surface area contributed by atoms with Crippen LogP contribution < -0.4 is 0 Å². The van der Waals surface area contributed by atoms with E-state index in [0.717, 1.165) is 11.3 Å². The van der Waals surface area contributed by atoms with E-state index in [1.807, 2.05) is 30.3 Å². The number of rotatable bonds is 6. The fourth-order valence-corrected chi connectivity index (χ4v) is 3.75. The zero-order valence-corrected chi connectivity index (χ0v) is 14.0. The van der Waals surface area contributed by atoms with Crippen LogP contribution in [0.5, 0.6) is 0 Å². The van der Waals surface area contributed by atoms with Gasteiger partial charge in [-0.25, -0.2) is 4.98 Å². The number of aryl methyl sites for hydroxylation is 1. The molecule has 0 N–H and O–H groups in total. The summed E-state index contributed by atoms with van der Waals surface area (Å²) in [6, 6.07) is 10.9. The Kier molecular flexibility index (Phi) is 4.37. The van der Waals surface area contributed by atoms with E-state index in [0.29, 0.717) is 30.8 Å². The van der Waals surface area contributed by atoms with Crippen LogP contribution in [0, 0.1) is 0 Å². The molecule has 2 aliphatic carbocycles. The minimum atomic E-state index is 0.281. The maximum absolute atomic E-state index is 12.7. The molecular formula is C20H24N2O2. The number of aromatic nitrogens is 1. The van der Waals surface area contributed by atoms with Gasteiger partial charge >= 0.3 is 0 Å². The molecule has 0 atom stereocenters. The van der Waals surface area contributed by atoms with Crippen molar-refractivity contribution in [1.82, 2.24) is 9.88 Å². The smallest absolute Gasteiger partial charge is 0.223 e. The largest absolute Gasteiger partial charge is 0.441 e. The first-order valence-electron chi connectivity index (χ1n) is 9.12. The second-order valence-corrected chi connectivity index (χ2v) is 6.95. The van der Waals surface area contributed by atoms with Crippen LogP contribution in [-0.4, -0.2) is 27.9 Å². The number of carbonyl (C=O) groups excluding carboxylic acids is 1. The van der Waals surface area contributed by atoms with Crippen molar-refractivity contribution in [2.75, 3.05) is 0 Å². The molecule has 24 heavy (non-hydrogen) atoms. The zero-order chi connectivity index (χ0) is 16.4. The molecular weight excluding hydrogens is 300 g/mol. The standard InChI is InChI=1S/C20H24N2O2/c23-20(22(17-10-11-17)16-8-4-5-9-16)13-12-19-21-14-18(24-19)15-6-2-1-3-7-15/h1-3,6-7,14,16-17H,4-5,8-13H2. The maximum Gasteiger partial charge on any atom is 0.223 e. The molecule has 2 aliphatic rings. The van der Waals surface area contributed by atoms with Crippen molar-refractivity contribution >= 4 is 5.91 Å². The number of amides is 1. The van der Waals surface area contributed by atoms with Crippen LogP contribution in [0.25, 0.3) is 11.3 Å². The molecule has 0 radical (unpaired) electrons. The van der Waals surface area contributed by atoms with Crippen molar-refractivity contribution in [3.63, 3.8) is 0 Å². The zero-order valence-electron chi connectivity index (χ0n) is 14.0. The third kappa shape index (κ3) is 3.37. The molecule has 0 saturated heterocycles. The van der Waals surface area contributed by atoms with E-state index in [4.69, 9.17) is 4.42 Å². The number of benzene rings is 1. The molecule has 4 rings (SSSR count).